The number of aromatic nitrogens is 10. The van der Waals surface area contributed by atoms with E-state index in [-0.39, 0.29) is 36.9 Å². The maximum absolute atomic E-state index is 13.1. The molecule has 13 nitrogen and oxygen atoms in total. The summed E-state index contributed by atoms with van der Waals surface area (Å²) < 4.78 is 43.7. The molecule has 41 heavy (non-hydrogen) atoms. The fourth-order valence-electron chi connectivity index (χ4n) is 3.93. The standard InChI is InChI=1S/C24H20ClF3N10O3/c25-16-5-3-15(4-6-16)22-34-37(23(41)36(22)10-20(40)24(26,27)28)11-21-31-14-38(33-21)19-2-1-7-30-18(19)8-17(39)9-35-13-29-12-32-35/h1-7,12-14,20,40H,8-11H2/t20-/m0/s1. The zero-order valence-corrected chi connectivity index (χ0v) is 21.7. The molecule has 1 N–H and O–H groups in total. The monoisotopic (exact) mass is 588 g/mol. The van der Waals surface area contributed by atoms with Gasteiger partial charge in [0.05, 0.1) is 24.3 Å². The molecule has 0 fully saturated rings. The van der Waals surface area contributed by atoms with Crippen molar-refractivity contribution < 1.29 is 23.1 Å². The smallest absolute Gasteiger partial charge is 0.382 e. The van der Waals surface area contributed by atoms with E-state index < -0.39 is 24.5 Å². The number of aliphatic hydroxyl groups excluding tert-OH is 1. The highest BCUT2D eigenvalue weighted by atomic mass is 35.5. The largest absolute Gasteiger partial charge is 0.416 e. The molecule has 17 heteroatoms. The lowest BCUT2D eigenvalue weighted by Crippen LogP contribution is -2.37. The van der Waals surface area contributed by atoms with Crippen LogP contribution in [0.3, 0.4) is 0 Å². The molecule has 0 saturated heterocycles. The van der Waals surface area contributed by atoms with Crippen molar-refractivity contribution in [2.75, 3.05) is 0 Å². The van der Waals surface area contributed by atoms with E-state index in [2.05, 4.69) is 30.2 Å². The average Bonchev–Trinajstić information content (AvgIpc) is 3.67. The molecule has 4 aromatic heterocycles. The molecule has 212 valence electrons. The highest BCUT2D eigenvalue weighted by Crippen LogP contribution is 2.24. The number of carbonyl (C=O) groups is 1. The number of Topliss-reactive ketones (excluding diaryl/α,β-unsaturated/α-hetero) is 1. The first-order valence-corrected chi connectivity index (χ1v) is 12.3. The van der Waals surface area contributed by atoms with Gasteiger partial charge in [0.2, 0.25) is 0 Å². The molecule has 0 saturated carbocycles. The number of ketones is 1. The van der Waals surface area contributed by atoms with Crippen LogP contribution in [0.1, 0.15) is 11.5 Å². The summed E-state index contributed by atoms with van der Waals surface area (Å²) in [6.07, 6.45) is -2.14. The number of carbonyl (C=O) groups excluding carboxylic acids is 1. The minimum atomic E-state index is -4.95. The maximum Gasteiger partial charge on any atom is 0.416 e. The van der Waals surface area contributed by atoms with Gasteiger partial charge in [0.25, 0.3) is 0 Å². The Bertz CT molecular complexity index is 1710. The minimum Gasteiger partial charge on any atom is -0.382 e. The fourth-order valence-corrected chi connectivity index (χ4v) is 4.06. The third kappa shape index (κ3) is 6.38. The predicted molar refractivity (Wildman–Crippen MR) is 136 cm³/mol. The second-order valence-corrected chi connectivity index (χ2v) is 9.26. The Morgan fingerprint density at radius 1 is 1.07 bits per heavy atom. The van der Waals surface area contributed by atoms with Crippen LogP contribution in [0.15, 0.2) is 66.4 Å². The van der Waals surface area contributed by atoms with Gasteiger partial charge in [0.15, 0.2) is 23.5 Å². The number of rotatable bonds is 10. The molecule has 0 radical (unpaired) electrons. The minimum absolute atomic E-state index is 0.00316. The zero-order valence-electron chi connectivity index (χ0n) is 20.9. The highest BCUT2D eigenvalue weighted by Gasteiger charge is 2.39. The van der Waals surface area contributed by atoms with Crippen molar-refractivity contribution in [2.45, 2.75) is 38.3 Å². The van der Waals surface area contributed by atoms with Crippen LogP contribution in [-0.2, 0) is 30.8 Å². The first-order valence-electron chi connectivity index (χ1n) is 12.0. The normalized spacial score (nSPS) is 12.5. The number of alkyl halides is 3. The van der Waals surface area contributed by atoms with Crippen LogP contribution in [0.2, 0.25) is 5.02 Å². The molecule has 5 aromatic rings. The molecule has 0 bridgehead atoms. The quantitative estimate of drug-likeness (QED) is 0.257. The maximum atomic E-state index is 13.1. The van der Waals surface area contributed by atoms with Crippen molar-refractivity contribution >= 4 is 17.4 Å². The number of hydrogen-bond acceptors (Lipinski definition) is 9. The number of benzene rings is 1. The van der Waals surface area contributed by atoms with Crippen LogP contribution in [0.4, 0.5) is 13.2 Å². The molecule has 5 rings (SSSR count). The molecule has 0 spiro atoms. The number of pyridine rings is 1. The lowest BCUT2D eigenvalue weighted by atomic mass is 10.1. The Morgan fingerprint density at radius 3 is 2.56 bits per heavy atom. The third-order valence-corrected chi connectivity index (χ3v) is 6.12. The van der Waals surface area contributed by atoms with Gasteiger partial charge in [-0.15, -0.1) is 10.2 Å². The van der Waals surface area contributed by atoms with Crippen LogP contribution in [-0.4, -0.2) is 72.0 Å². The Labute approximate surface area is 233 Å². The second-order valence-electron chi connectivity index (χ2n) is 8.82. The van der Waals surface area contributed by atoms with E-state index in [0.717, 1.165) is 9.25 Å². The van der Waals surface area contributed by atoms with Crippen molar-refractivity contribution in [2.24, 2.45) is 0 Å². The number of halogens is 4. The Kier molecular flexibility index (Phi) is 7.76. The van der Waals surface area contributed by atoms with E-state index in [4.69, 9.17) is 11.6 Å². The molecule has 1 atom stereocenters. The van der Waals surface area contributed by atoms with Crippen LogP contribution in [0.5, 0.6) is 0 Å². The number of aliphatic hydroxyl groups is 1. The van der Waals surface area contributed by atoms with Gasteiger partial charge < -0.3 is 5.11 Å². The topological polar surface area (TPSA) is 151 Å². The lowest BCUT2D eigenvalue weighted by molar-refractivity contribution is -0.207. The molecular weight excluding hydrogens is 569 g/mol. The van der Waals surface area contributed by atoms with E-state index in [1.54, 1.807) is 12.1 Å². The molecule has 0 unspecified atom stereocenters. The molecule has 1 aromatic carbocycles. The van der Waals surface area contributed by atoms with Crippen LogP contribution in [0.25, 0.3) is 17.1 Å². The van der Waals surface area contributed by atoms with Crippen molar-refractivity contribution in [3.05, 3.63) is 88.6 Å². The molecule has 0 amide bonds. The van der Waals surface area contributed by atoms with Crippen molar-refractivity contribution in [1.29, 1.82) is 0 Å². The summed E-state index contributed by atoms with van der Waals surface area (Å²) in [5, 5.41) is 22.5. The van der Waals surface area contributed by atoms with E-state index >= 15 is 0 Å². The molecular formula is C24H20ClF3N10O3. The summed E-state index contributed by atoms with van der Waals surface area (Å²) >= 11 is 5.92. The number of nitrogens with zero attached hydrogens (tertiary/aromatic N) is 10. The van der Waals surface area contributed by atoms with Crippen molar-refractivity contribution in [3.8, 4) is 17.1 Å². The lowest BCUT2D eigenvalue weighted by Gasteiger charge is -2.15. The Morgan fingerprint density at radius 2 is 1.85 bits per heavy atom. The summed E-state index contributed by atoms with van der Waals surface area (Å²) in [6, 6.07) is 9.31. The highest BCUT2D eigenvalue weighted by molar-refractivity contribution is 6.30. The SMILES string of the molecule is O=C(Cc1ncccc1-n1cnc(Cn2nc(-c3ccc(Cl)cc3)n(C[C@H](O)C(F)(F)F)c2=O)n1)Cn1cncn1. The van der Waals surface area contributed by atoms with Gasteiger partial charge in [-0.25, -0.2) is 28.8 Å². The summed E-state index contributed by atoms with van der Waals surface area (Å²) in [5.74, 6) is -0.169. The first kappa shape index (κ1) is 27.9. The molecule has 4 heterocycles. The molecule has 0 aliphatic heterocycles. The van der Waals surface area contributed by atoms with Crippen molar-refractivity contribution in [3.63, 3.8) is 0 Å². The van der Waals surface area contributed by atoms with Gasteiger partial charge >= 0.3 is 11.9 Å². The molecule has 0 aliphatic rings. The van der Waals surface area contributed by atoms with Gasteiger partial charge in [0, 0.05) is 16.8 Å². The van der Waals surface area contributed by atoms with E-state index in [9.17, 15) is 27.9 Å². The van der Waals surface area contributed by atoms with Gasteiger partial charge in [-0.2, -0.15) is 18.3 Å². The van der Waals surface area contributed by atoms with Crippen LogP contribution in [0, 0.1) is 0 Å². The van der Waals surface area contributed by atoms with Gasteiger partial charge in [-0.05, 0) is 36.4 Å². The first-order chi connectivity index (χ1) is 19.6. The second kappa shape index (κ2) is 11.4. The van der Waals surface area contributed by atoms with Crippen molar-refractivity contribution in [1.82, 2.24) is 48.9 Å². The molecule has 0 aliphatic carbocycles. The summed E-state index contributed by atoms with van der Waals surface area (Å²) in [5.41, 5.74) is 0.289. The van der Waals surface area contributed by atoms with E-state index in [0.29, 0.717) is 22.0 Å². The van der Waals surface area contributed by atoms with Gasteiger partial charge in [-0.3, -0.25) is 14.3 Å². The predicted octanol–water partition coefficient (Wildman–Crippen LogP) is 1.72. The summed E-state index contributed by atoms with van der Waals surface area (Å²) in [6.45, 7) is -1.35. The van der Waals surface area contributed by atoms with E-state index in [1.165, 1.54) is 58.8 Å². The Balaban J connectivity index is 1.41. The van der Waals surface area contributed by atoms with Crippen LogP contribution >= 0.6 is 11.6 Å². The Hall–Kier alpha value is -4.70. The summed E-state index contributed by atoms with van der Waals surface area (Å²) in [7, 11) is 0. The van der Waals surface area contributed by atoms with Gasteiger partial charge in [-0.1, -0.05) is 11.6 Å². The number of hydrogen-bond donors (Lipinski definition) is 1. The van der Waals surface area contributed by atoms with Gasteiger partial charge in [0.1, 0.15) is 32.1 Å². The van der Waals surface area contributed by atoms with Crippen LogP contribution < -0.4 is 5.69 Å². The average molecular weight is 589 g/mol. The summed E-state index contributed by atoms with van der Waals surface area (Å²) in [4.78, 5) is 37.9. The van der Waals surface area contributed by atoms with E-state index in [1.807, 2.05) is 0 Å². The zero-order chi connectivity index (χ0) is 29.1. The third-order valence-electron chi connectivity index (χ3n) is 5.87. The fraction of sp³-hybridized carbons (Fsp3) is 0.250.